The van der Waals surface area contributed by atoms with Crippen molar-refractivity contribution in [2.45, 2.75) is 25.8 Å². The Kier molecular flexibility index (Phi) is 4.55. The number of amides is 1. The van der Waals surface area contributed by atoms with E-state index in [1.54, 1.807) is 4.90 Å². The Balaban J connectivity index is 2.33. The molecule has 1 unspecified atom stereocenters. The Bertz CT molecular complexity index is 243. The summed E-state index contributed by atoms with van der Waals surface area (Å²) in [5, 5.41) is 3.29. The van der Waals surface area contributed by atoms with Crippen molar-refractivity contribution < 1.29 is 14.3 Å². The lowest BCUT2D eigenvalue weighted by Gasteiger charge is -2.16. The van der Waals surface area contributed by atoms with Crippen LogP contribution >= 0.6 is 0 Å². The standard InChI is InChI=1S/C10H18N2O3/c1-3-11-8-4-5-12(7-8)9(13)6-10(14)15-2/h8,11H,3-7H2,1-2H3. The lowest BCUT2D eigenvalue weighted by Crippen LogP contribution is -2.35. The summed E-state index contributed by atoms with van der Waals surface area (Å²) in [6.07, 6.45) is 0.816. The first kappa shape index (κ1) is 12.0. The van der Waals surface area contributed by atoms with Crippen LogP contribution in [0.25, 0.3) is 0 Å². The molecule has 1 rings (SSSR count). The van der Waals surface area contributed by atoms with Gasteiger partial charge in [-0.2, -0.15) is 0 Å². The van der Waals surface area contributed by atoms with Crippen LogP contribution in [0.4, 0.5) is 0 Å². The van der Waals surface area contributed by atoms with E-state index in [-0.39, 0.29) is 12.3 Å². The summed E-state index contributed by atoms with van der Waals surface area (Å²) in [5.74, 6) is -0.603. The maximum absolute atomic E-state index is 11.6. The van der Waals surface area contributed by atoms with Gasteiger partial charge in [0, 0.05) is 19.1 Å². The molecule has 1 N–H and O–H groups in total. The molecule has 0 bridgehead atoms. The minimum Gasteiger partial charge on any atom is -0.469 e. The number of nitrogens with one attached hydrogen (secondary N) is 1. The number of likely N-dealkylation sites (N-methyl/N-ethyl adjacent to an activating group) is 1. The first-order chi connectivity index (χ1) is 7.17. The van der Waals surface area contributed by atoms with Crippen LogP contribution in [0.15, 0.2) is 0 Å². The van der Waals surface area contributed by atoms with E-state index in [1.807, 2.05) is 6.92 Å². The van der Waals surface area contributed by atoms with E-state index in [0.717, 1.165) is 19.5 Å². The summed E-state index contributed by atoms with van der Waals surface area (Å²) in [4.78, 5) is 24.2. The van der Waals surface area contributed by atoms with Crippen molar-refractivity contribution in [3.63, 3.8) is 0 Å². The molecule has 1 saturated heterocycles. The van der Waals surface area contributed by atoms with E-state index in [4.69, 9.17) is 0 Å². The maximum atomic E-state index is 11.6. The van der Waals surface area contributed by atoms with Gasteiger partial charge in [0.05, 0.1) is 7.11 Å². The van der Waals surface area contributed by atoms with E-state index in [9.17, 15) is 9.59 Å². The molecule has 1 aliphatic heterocycles. The molecule has 1 atom stereocenters. The van der Waals surface area contributed by atoms with Crippen molar-refractivity contribution in [3.05, 3.63) is 0 Å². The molecule has 5 heteroatoms. The second kappa shape index (κ2) is 5.70. The van der Waals surface area contributed by atoms with Crippen molar-refractivity contribution >= 4 is 11.9 Å². The number of carbonyl (C=O) groups excluding carboxylic acids is 2. The van der Waals surface area contributed by atoms with Crippen LogP contribution in [-0.4, -0.2) is 49.6 Å². The molecule has 0 aromatic carbocycles. The zero-order valence-electron chi connectivity index (χ0n) is 9.28. The first-order valence-electron chi connectivity index (χ1n) is 5.25. The number of hydrogen-bond donors (Lipinski definition) is 1. The number of hydrogen-bond acceptors (Lipinski definition) is 4. The second-order valence-corrected chi connectivity index (χ2v) is 3.64. The third kappa shape index (κ3) is 3.51. The fourth-order valence-corrected chi connectivity index (χ4v) is 1.75. The molecule has 86 valence electrons. The zero-order chi connectivity index (χ0) is 11.3. The van der Waals surface area contributed by atoms with Crippen molar-refractivity contribution in [1.29, 1.82) is 0 Å². The van der Waals surface area contributed by atoms with Crippen molar-refractivity contribution in [2.24, 2.45) is 0 Å². The fourth-order valence-electron chi connectivity index (χ4n) is 1.75. The largest absolute Gasteiger partial charge is 0.469 e. The molecule has 1 amide bonds. The molecule has 1 heterocycles. The summed E-state index contributed by atoms with van der Waals surface area (Å²) < 4.78 is 4.45. The number of nitrogens with zero attached hydrogens (tertiary/aromatic N) is 1. The quantitative estimate of drug-likeness (QED) is 0.518. The van der Waals surface area contributed by atoms with Gasteiger partial charge in [-0.05, 0) is 13.0 Å². The predicted molar refractivity (Wildman–Crippen MR) is 55.3 cm³/mol. The molecule has 1 fully saturated rings. The van der Waals surface area contributed by atoms with E-state index in [2.05, 4.69) is 10.1 Å². The van der Waals surface area contributed by atoms with Gasteiger partial charge >= 0.3 is 5.97 Å². The number of esters is 1. The Labute approximate surface area is 89.8 Å². The first-order valence-corrected chi connectivity index (χ1v) is 5.25. The van der Waals surface area contributed by atoms with Crippen LogP contribution in [-0.2, 0) is 14.3 Å². The lowest BCUT2D eigenvalue weighted by molar-refractivity contribution is -0.146. The van der Waals surface area contributed by atoms with Crippen LogP contribution in [0.5, 0.6) is 0 Å². The highest BCUT2D eigenvalue weighted by Crippen LogP contribution is 2.10. The molecule has 0 aromatic heterocycles. The summed E-state index contributed by atoms with van der Waals surface area (Å²) in [6, 6.07) is 0.372. The topological polar surface area (TPSA) is 58.6 Å². The minimum absolute atomic E-state index is 0.137. The molecule has 5 nitrogen and oxygen atoms in total. The number of likely N-dealkylation sites (tertiary alicyclic amines) is 1. The molecular weight excluding hydrogens is 196 g/mol. The Morgan fingerprint density at radius 2 is 2.27 bits per heavy atom. The number of rotatable bonds is 4. The van der Waals surface area contributed by atoms with Crippen molar-refractivity contribution in [3.8, 4) is 0 Å². The third-order valence-corrected chi connectivity index (χ3v) is 2.56. The summed E-state index contributed by atoms with van der Waals surface area (Å²) in [5.41, 5.74) is 0. The lowest BCUT2D eigenvalue weighted by atomic mass is 10.3. The SMILES string of the molecule is CCNC1CCN(C(=O)CC(=O)OC)C1. The number of carbonyl (C=O) groups is 2. The van der Waals surface area contributed by atoms with Gasteiger partial charge in [0.15, 0.2) is 0 Å². The van der Waals surface area contributed by atoms with Gasteiger partial charge in [-0.15, -0.1) is 0 Å². The Morgan fingerprint density at radius 1 is 1.53 bits per heavy atom. The van der Waals surface area contributed by atoms with E-state index >= 15 is 0 Å². The van der Waals surface area contributed by atoms with E-state index < -0.39 is 5.97 Å². The van der Waals surface area contributed by atoms with Gasteiger partial charge in [-0.25, -0.2) is 0 Å². The monoisotopic (exact) mass is 214 g/mol. The molecule has 0 radical (unpaired) electrons. The third-order valence-electron chi connectivity index (χ3n) is 2.56. The molecule has 0 saturated carbocycles. The smallest absolute Gasteiger partial charge is 0.315 e. The molecule has 0 aliphatic carbocycles. The molecule has 1 aliphatic rings. The predicted octanol–water partition coefficient (Wildman–Crippen LogP) is -0.240. The molecule has 0 spiro atoms. The van der Waals surface area contributed by atoms with Gasteiger partial charge in [-0.1, -0.05) is 6.92 Å². The number of ether oxygens (including phenoxy) is 1. The Hall–Kier alpha value is -1.10. The van der Waals surface area contributed by atoms with Gasteiger partial charge in [-0.3, -0.25) is 9.59 Å². The van der Waals surface area contributed by atoms with E-state index in [0.29, 0.717) is 12.6 Å². The van der Waals surface area contributed by atoms with Gasteiger partial charge in [0.25, 0.3) is 0 Å². The minimum atomic E-state index is -0.466. The average molecular weight is 214 g/mol. The molecule has 0 aromatic rings. The van der Waals surface area contributed by atoms with Gasteiger partial charge in [0.2, 0.25) is 5.91 Å². The van der Waals surface area contributed by atoms with E-state index in [1.165, 1.54) is 7.11 Å². The van der Waals surface area contributed by atoms with Gasteiger partial charge in [0.1, 0.15) is 6.42 Å². The molecule has 15 heavy (non-hydrogen) atoms. The van der Waals surface area contributed by atoms with Crippen LogP contribution < -0.4 is 5.32 Å². The summed E-state index contributed by atoms with van der Waals surface area (Å²) in [7, 11) is 1.29. The van der Waals surface area contributed by atoms with Gasteiger partial charge < -0.3 is 15.0 Å². The maximum Gasteiger partial charge on any atom is 0.315 e. The summed E-state index contributed by atoms with van der Waals surface area (Å²) >= 11 is 0. The van der Waals surface area contributed by atoms with Crippen molar-refractivity contribution in [1.82, 2.24) is 10.2 Å². The number of methoxy groups -OCH3 is 1. The normalized spacial score (nSPS) is 20.4. The molecular formula is C10H18N2O3. The Morgan fingerprint density at radius 3 is 2.87 bits per heavy atom. The van der Waals surface area contributed by atoms with Crippen LogP contribution in [0, 0.1) is 0 Å². The fraction of sp³-hybridized carbons (Fsp3) is 0.800. The van der Waals surface area contributed by atoms with Crippen molar-refractivity contribution in [2.75, 3.05) is 26.7 Å². The highest BCUT2D eigenvalue weighted by atomic mass is 16.5. The van der Waals surface area contributed by atoms with Crippen LogP contribution in [0.2, 0.25) is 0 Å². The highest BCUT2D eigenvalue weighted by molar-refractivity contribution is 5.94. The van der Waals surface area contributed by atoms with Crippen LogP contribution in [0.3, 0.4) is 0 Å². The highest BCUT2D eigenvalue weighted by Gasteiger charge is 2.26. The van der Waals surface area contributed by atoms with Crippen LogP contribution in [0.1, 0.15) is 19.8 Å². The second-order valence-electron chi connectivity index (χ2n) is 3.64. The summed E-state index contributed by atoms with van der Waals surface area (Å²) in [6.45, 7) is 4.37. The average Bonchev–Trinajstić information content (AvgIpc) is 2.67. The zero-order valence-corrected chi connectivity index (χ0v) is 9.28.